The summed E-state index contributed by atoms with van der Waals surface area (Å²) in [7, 11) is 0. The van der Waals surface area contributed by atoms with Gasteiger partial charge in [0.25, 0.3) is 5.91 Å². The molecule has 0 radical (unpaired) electrons. The fourth-order valence-electron chi connectivity index (χ4n) is 5.61. The Morgan fingerprint density at radius 1 is 0.767 bits per heavy atom. The highest BCUT2D eigenvalue weighted by molar-refractivity contribution is 6.04. The molecule has 224 valence electrons. The van der Waals surface area contributed by atoms with Gasteiger partial charge in [-0.15, -0.1) is 0 Å². The Hall–Kier alpha value is -4.21. The quantitative estimate of drug-likeness (QED) is 0.417. The Labute approximate surface area is 252 Å². The lowest BCUT2D eigenvalue weighted by Gasteiger charge is -2.38. The van der Waals surface area contributed by atoms with Crippen molar-refractivity contribution in [2.75, 3.05) is 63.1 Å². The van der Waals surface area contributed by atoms with E-state index >= 15 is 0 Å². The molecular weight excluding hydrogens is 542 g/mol. The summed E-state index contributed by atoms with van der Waals surface area (Å²) >= 11 is 0. The summed E-state index contributed by atoms with van der Waals surface area (Å²) in [5.74, 6) is 0.0758. The molecule has 9 heteroatoms. The van der Waals surface area contributed by atoms with Crippen molar-refractivity contribution in [3.05, 3.63) is 83.4 Å². The number of nitrogens with zero attached hydrogens (tertiary/aromatic N) is 3. The van der Waals surface area contributed by atoms with Crippen LogP contribution in [-0.4, -0.2) is 85.0 Å². The molecule has 2 aliphatic heterocycles. The first kappa shape index (κ1) is 28.9. The molecule has 3 aliphatic rings. The molecule has 1 aliphatic carbocycles. The lowest BCUT2D eigenvalue weighted by Crippen LogP contribution is -2.54. The van der Waals surface area contributed by atoms with Gasteiger partial charge in [0, 0.05) is 68.7 Å². The van der Waals surface area contributed by atoms with E-state index in [1.807, 2.05) is 83.5 Å². The van der Waals surface area contributed by atoms with Crippen molar-refractivity contribution in [3.63, 3.8) is 0 Å². The number of amides is 4. The number of hydrogen-bond acceptors (Lipinski definition) is 5. The van der Waals surface area contributed by atoms with E-state index in [4.69, 9.17) is 4.74 Å². The van der Waals surface area contributed by atoms with Gasteiger partial charge in [0.05, 0.1) is 13.2 Å². The predicted octanol–water partition coefficient (Wildman–Crippen LogP) is 4.83. The molecule has 0 atom stereocenters. The summed E-state index contributed by atoms with van der Waals surface area (Å²) < 4.78 is 5.36. The summed E-state index contributed by atoms with van der Waals surface area (Å²) in [6.45, 7) is 8.55. The second kappa shape index (κ2) is 13.0. The summed E-state index contributed by atoms with van der Waals surface area (Å²) in [5.41, 5.74) is 6.41. The number of anilines is 2. The van der Waals surface area contributed by atoms with E-state index in [1.165, 1.54) is 5.56 Å². The van der Waals surface area contributed by atoms with Gasteiger partial charge in [-0.1, -0.05) is 30.3 Å². The summed E-state index contributed by atoms with van der Waals surface area (Å²) in [6, 6.07) is 21.6. The molecule has 2 N–H and O–H groups in total. The first-order valence-electron chi connectivity index (χ1n) is 15.2. The number of hydrogen-bond donors (Lipinski definition) is 2. The molecule has 3 aromatic rings. The van der Waals surface area contributed by atoms with Crippen LogP contribution in [0.15, 0.2) is 66.7 Å². The molecule has 0 unspecified atom stereocenters. The monoisotopic (exact) mass is 581 g/mol. The van der Waals surface area contributed by atoms with E-state index in [1.54, 1.807) is 0 Å². The first-order valence-corrected chi connectivity index (χ1v) is 15.2. The van der Waals surface area contributed by atoms with Gasteiger partial charge >= 0.3 is 6.03 Å². The van der Waals surface area contributed by atoms with E-state index in [0.717, 1.165) is 73.6 Å². The zero-order chi connectivity index (χ0) is 29.8. The number of nitrogens with one attached hydrogen (secondary N) is 2. The number of benzene rings is 3. The number of aryl methyl sites for hydroxylation is 1. The Kier molecular flexibility index (Phi) is 8.72. The molecule has 3 aromatic carbocycles. The van der Waals surface area contributed by atoms with Crippen LogP contribution in [0.2, 0.25) is 0 Å². The number of ether oxygens (including phenoxy) is 1. The number of rotatable bonds is 7. The zero-order valence-corrected chi connectivity index (χ0v) is 24.7. The highest BCUT2D eigenvalue weighted by Crippen LogP contribution is 2.32. The normalized spacial score (nSPS) is 17.4. The van der Waals surface area contributed by atoms with E-state index in [2.05, 4.69) is 15.5 Å². The largest absolute Gasteiger partial charge is 0.378 e. The highest BCUT2D eigenvalue weighted by Gasteiger charge is 2.29. The van der Waals surface area contributed by atoms with E-state index < -0.39 is 0 Å². The van der Waals surface area contributed by atoms with Crippen molar-refractivity contribution in [2.45, 2.75) is 26.3 Å². The van der Waals surface area contributed by atoms with Crippen LogP contribution < -0.4 is 10.6 Å². The average molecular weight is 582 g/mol. The molecule has 0 bridgehead atoms. The van der Waals surface area contributed by atoms with Gasteiger partial charge < -0.3 is 25.2 Å². The van der Waals surface area contributed by atoms with Gasteiger partial charge in [0.1, 0.15) is 0 Å². The summed E-state index contributed by atoms with van der Waals surface area (Å²) in [5, 5.41) is 6.02. The molecule has 2 heterocycles. The molecule has 43 heavy (non-hydrogen) atoms. The lowest BCUT2D eigenvalue weighted by molar-refractivity contribution is -0.117. The van der Waals surface area contributed by atoms with Gasteiger partial charge in [-0.3, -0.25) is 14.5 Å². The lowest BCUT2D eigenvalue weighted by atomic mass is 9.98. The van der Waals surface area contributed by atoms with Crippen LogP contribution in [0.25, 0.3) is 11.1 Å². The van der Waals surface area contributed by atoms with E-state index in [0.29, 0.717) is 31.9 Å². The third-order valence-electron chi connectivity index (χ3n) is 8.45. The van der Waals surface area contributed by atoms with Crippen molar-refractivity contribution in [3.8, 4) is 11.1 Å². The van der Waals surface area contributed by atoms with Crippen LogP contribution in [0.5, 0.6) is 0 Å². The molecule has 6 rings (SSSR count). The molecular formula is C34H39N5O4. The molecule has 0 aromatic heterocycles. The van der Waals surface area contributed by atoms with Crippen molar-refractivity contribution >= 4 is 29.2 Å². The maximum Gasteiger partial charge on any atom is 0.320 e. The van der Waals surface area contributed by atoms with Crippen LogP contribution in [-0.2, 0) is 16.1 Å². The Morgan fingerprint density at radius 3 is 2.09 bits per heavy atom. The van der Waals surface area contributed by atoms with Gasteiger partial charge in [-0.05, 0) is 78.4 Å². The third-order valence-corrected chi connectivity index (χ3v) is 8.45. The number of piperazine rings is 1. The van der Waals surface area contributed by atoms with Crippen LogP contribution >= 0.6 is 0 Å². The van der Waals surface area contributed by atoms with Crippen LogP contribution in [0.3, 0.4) is 0 Å². The van der Waals surface area contributed by atoms with Crippen molar-refractivity contribution in [2.24, 2.45) is 5.92 Å². The van der Waals surface area contributed by atoms with E-state index in [-0.39, 0.29) is 23.8 Å². The molecule has 9 nitrogen and oxygen atoms in total. The maximum atomic E-state index is 13.0. The topological polar surface area (TPSA) is 94.2 Å². The first-order chi connectivity index (χ1) is 20.9. The van der Waals surface area contributed by atoms with Gasteiger partial charge in [0.2, 0.25) is 5.91 Å². The third kappa shape index (κ3) is 7.24. The molecule has 0 spiro atoms. The average Bonchev–Trinajstić information content (AvgIpc) is 3.90. The minimum Gasteiger partial charge on any atom is -0.378 e. The van der Waals surface area contributed by atoms with E-state index in [9.17, 15) is 14.4 Å². The van der Waals surface area contributed by atoms with Crippen LogP contribution in [0, 0.1) is 12.8 Å². The SMILES string of the molecule is Cc1ccc(NC(=O)C2CC2)cc1-c1ccc(C(=O)Nc2ccc(CN3CCN(C(=O)N4CCOCC4)CC3)cc2)cc1. The Bertz CT molecular complexity index is 1460. The van der Waals surface area contributed by atoms with Gasteiger partial charge in [-0.25, -0.2) is 4.79 Å². The minimum atomic E-state index is -0.164. The van der Waals surface area contributed by atoms with Gasteiger partial charge in [0.15, 0.2) is 0 Å². The van der Waals surface area contributed by atoms with Crippen LogP contribution in [0.4, 0.5) is 16.2 Å². The number of urea groups is 1. The molecule has 3 fully saturated rings. The zero-order valence-electron chi connectivity index (χ0n) is 24.7. The fraction of sp³-hybridized carbons (Fsp3) is 0.382. The van der Waals surface area contributed by atoms with Crippen molar-refractivity contribution < 1.29 is 19.1 Å². The Morgan fingerprint density at radius 2 is 1.42 bits per heavy atom. The van der Waals surface area contributed by atoms with Crippen LogP contribution in [0.1, 0.15) is 34.3 Å². The smallest absolute Gasteiger partial charge is 0.320 e. The minimum absolute atomic E-state index is 0.0884. The second-order valence-corrected chi connectivity index (χ2v) is 11.7. The fourth-order valence-corrected chi connectivity index (χ4v) is 5.61. The predicted molar refractivity (Wildman–Crippen MR) is 167 cm³/mol. The number of carbonyl (C=O) groups excluding carboxylic acids is 3. The standard InChI is InChI=1S/C34H39N5O4/c1-24-2-11-30(36-33(41)28-9-10-28)22-31(24)26-5-7-27(8-6-26)32(40)35-29-12-3-25(4-13-29)23-37-14-16-38(17-15-37)34(42)39-18-20-43-21-19-39/h2-8,11-13,22,28H,9-10,14-21,23H2,1H3,(H,35,40)(H,36,41). The van der Waals surface area contributed by atoms with Gasteiger partial charge in [-0.2, -0.15) is 0 Å². The summed E-state index contributed by atoms with van der Waals surface area (Å²) in [4.78, 5) is 44.1. The molecule has 1 saturated carbocycles. The molecule has 2 saturated heterocycles. The number of morpholine rings is 1. The van der Waals surface area contributed by atoms with Crippen molar-refractivity contribution in [1.82, 2.24) is 14.7 Å². The Balaban J connectivity index is 0.996. The highest BCUT2D eigenvalue weighted by atomic mass is 16.5. The second-order valence-electron chi connectivity index (χ2n) is 11.7. The summed E-state index contributed by atoms with van der Waals surface area (Å²) in [6.07, 6.45) is 1.94. The maximum absolute atomic E-state index is 13.0. The number of carbonyl (C=O) groups is 3. The molecule has 4 amide bonds. The van der Waals surface area contributed by atoms with Crippen molar-refractivity contribution in [1.29, 1.82) is 0 Å².